The van der Waals surface area contributed by atoms with Crippen LogP contribution in [0.1, 0.15) is 30.9 Å². The summed E-state index contributed by atoms with van der Waals surface area (Å²) in [6.07, 6.45) is 1.48. The second-order valence-electron chi connectivity index (χ2n) is 8.53. The first-order valence-electron chi connectivity index (χ1n) is 11.3. The highest BCUT2D eigenvalue weighted by Crippen LogP contribution is 2.32. The third-order valence-corrected chi connectivity index (χ3v) is 5.82. The smallest absolute Gasteiger partial charge is 0.381 e. The first kappa shape index (κ1) is 25.9. The molecular formula is C24H23F4N7O2. The minimum absolute atomic E-state index is 0.153. The molecule has 3 aromatic heterocycles. The lowest BCUT2D eigenvalue weighted by molar-refractivity contribution is -0.138. The van der Waals surface area contributed by atoms with E-state index in [1.165, 1.54) is 23.0 Å². The summed E-state index contributed by atoms with van der Waals surface area (Å²) >= 11 is 0. The number of benzene rings is 1. The summed E-state index contributed by atoms with van der Waals surface area (Å²) in [5.74, 6) is -0.473. The molecule has 0 saturated heterocycles. The van der Waals surface area contributed by atoms with Crippen LogP contribution in [0.4, 0.5) is 23.2 Å². The number of fused-ring (bicyclic) bond motifs is 1. The van der Waals surface area contributed by atoms with Crippen LogP contribution in [0.15, 0.2) is 52.6 Å². The van der Waals surface area contributed by atoms with Crippen LogP contribution in [-0.4, -0.2) is 30.8 Å². The Morgan fingerprint density at radius 3 is 2.57 bits per heavy atom. The molecule has 0 radical (unpaired) electrons. The number of hydrogen-bond donors (Lipinski definition) is 3. The third kappa shape index (κ3) is 5.66. The molecule has 0 bridgehead atoms. The molecule has 1 atom stereocenters. The van der Waals surface area contributed by atoms with Crippen LogP contribution in [0.3, 0.4) is 0 Å². The Morgan fingerprint density at radius 2 is 1.89 bits per heavy atom. The molecule has 1 aromatic carbocycles. The zero-order valence-corrected chi connectivity index (χ0v) is 19.6. The first-order chi connectivity index (χ1) is 17.6. The highest BCUT2D eigenvalue weighted by atomic mass is 19.4. The Bertz CT molecular complexity index is 1530. The molecule has 0 aliphatic rings. The predicted molar refractivity (Wildman–Crippen MR) is 129 cm³/mol. The number of nitrogens with zero attached hydrogens (tertiary/aromatic N) is 4. The molecule has 0 amide bonds. The van der Waals surface area contributed by atoms with Crippen molar-refractivity contribution in [1.29, 1.82) is 0 Å². The summed E-state index contributed by atoms with van der Waals surface area (Å²) in [6.45, 7) is 2.17. The van der Waals surface area contributed by atoms with Gasteiger partial charge in [0.1, 0.15) is 11.4 Å². The number of rotatable bonds is 8. The van der Waals surface area contributed by atoms with Crippen molar-refractivity contribution in [2.24, 2.45) is 5.73 Å². The number of aromatic nitrogens is 5. The van der Waals surface area contributed by atoms with E-state index in [1.807, 2.05) is 0 Å². The number of alkyl halides is 3. The van der Waals surface area contributed by atoms with Crippen LogP contribution < -0.4 is 22.2 Å². The maximum absolute atomic E-state index is 14.8. The summed E-state index contributed by atoms with van der Waals surface area (Å²) in [6, 6.07) is 3.87. The van der Waals surface area contributed by atoms with E-state index in [-0.39, 0.29) is 29.9 Å². The minimum atomic E-state index is -4.84. The Morgan fingerprint density at radius 1 is 1.16 bits per heavy atom. The van der Waals surface area contributed by atoms with Gasteiger partial charge in [0.25, 0.3) is 11.1 Å². The summed E-state index contributed by atoms with van der Waals surface area (Å²) in [4.78, 5) is 32.8. The quantitative estimate of drug-likeness (QED) is 0.305. The van der Waals surface area contributed by atoms with Crippen LogP contribution in [0.25, 0.3) is 22.2 Å². The Labute approximate surface area is 207 Å². The molecule has 9 nitrogen and oxygen atoms in total. The standard InChI is InChI=1S/C24H23F4N7O2/c1-13(33-19-12-32-34-22(36)20(19)24(26,27)28)3-2-5-35-6-4-15-7-17(18(25)8-16(15)23(35)37)21-30-10-14(9-29)11-31-21/h4,6-8,10-13H,2-3,5,9,29H2,1H3,(H2,33,34,36). The molecule has 4 aromatic rings. The van der Waals surface area contributed by atoms with E-state index in [2.05, 4.69) is 20.4 Å². The van der Waals surface area contributed by atoms with Gasteiger partial charge >= 0.3 is 6.18 Å². The maximum atomic E-state index is 14.8. The van der Waals surface area contributed by atoms with Crippen LogP contribution >= 0.6 is 0 Å². The molecule has 0 spiro atoms. The number of hydrogen-bond acceptors (Lipinski definition) is 7. The van der Waals surface area contributed by atoms with Crippen molar-refractivity contribution in [3.63, 3.8) is 0 Å². The van der Waals surface area contributed by atoms with Gasteiger partial charge in [0.05, 0.1) is 22.8 Å². The van der Waals surface area contributed by atoms with E-state index in [0.717, 1.165) is 12.3 Å². The first-order valence-corrected chi connectivity index (χ1v) is 11.3. The molecule has 4 rings (SSSR count). The van der Waals surface area contributed by atoms with Gasteiger partial charge in [0.2, 0.25) is 0 Å². The van der Waals surface area contributed by atoms with Gasteiger partial charge in [-0.25, -0.2) is 19.5 Å². The summed E-state index contributed by atoms with van der Waals surface area (Å²) in [7, 11) is 0. The molecule has 0 aliphatic carbocycles. The lowest BCUT2D eigenvalue weighted by Crippen LogP contribution is -2.27. The SMILES string of the molecule is CC(CCCn1ccc2cc(-c3ncc(CN)cn3)c(F)cc2c1=O)Nc1cn[nH]c(=O)c1C(F)(F)F. The number of nitrogens with two attached hydrogens (primary N) is 1. The van der Waals surface area contributed by atoms with Crippen molar-refractivity contribution < 1.29 is 17.6 Å². The van der Waals surface area contributed by atoms with Gasteiger partial charge < -0.3 is 15.6 Å². The largest absolute Gasteiger partial charge is 0.423 e. The molecule has 0 aliphatic heterocycles. The lowest BCUT2D eigenvalue weighted by Gasteiger charge is -2.18. The summed E-state index contributed by atoms with van der Waals surface area (Å²) in [5.41, 5.74) is 2.89. The van der Waals surface area contributed by atoms with Crippen molar-refractivity contribution in [1.82, 2.24) is 24.7 Å². The molecule has 37 heavy (non-hydrogen) atoms. The van der Waals surface area contributed by atoms with E-state index in [1.54, 1.807) is 24.3 Å². The van der Waals surface area contributed by atoms with Gasteiger partial charge in [-0.1, -0.05) is 0 Å². The van der Waals surface area contributed by atoms with E-state index < -0.39 is 40.4 Å². The number of anilines is 1. The fourth-order valence-corrected chi connectivity index (χ4v) is 3.95. The van der Waals surface area contributed by atoms with Gasteiger partial charge in [0, 0.05) is 43.3 Å². The average molecular weight is 517 g/mol. The Kier molecular flexibility index (Phi) is 7.34. The second-order valence-corrected chi connectivity index (χ2v) is 8.53. The van der Waals surface area contributed by atoms with Crippen molar-refractivity contribution in [2.75, 3.05) is 5.32 Å². The van der Waals surface area contributed by atoms with Gasteiger partial charge in [0.15, 0.2) is 5.82 Å². The zero-order chi connectivity index (χ0) is 26.7. The van der Waals surface area contributed by atoms with E-state index in [0.29, 0.717) is 23.8 Å². The normalized spacial score (nSPS) is 12.6. The molecule has 4 N–H and O–H groups in total. The van der Waals surface area contributed by atoms with Crippen LogP contribution in [0, 0.1) is 5.82 Å². The zero-order valence-electron chi connectivity index (χ0n) is 19.6. The van der Waals surface area contributed by atoms with Crippen LogP contribution in [-0.2, 0) is 19.3 Å². The van der Waals surface area contributed by atoms with Crippen molar-refractivity contribution >= 4 is 16.5 Å². The van der Waals surface area contributed by atoms with Gasteiger partial charge in [-0.2, -0.15) is 18.3 Å². The number of pyridine rings is 1. The Hall–Kier alpha value is -4.13. The number of halogens is 4. The van der Waals surface area contributed by atoms with Gasteiger partial charge in [-0.15, -0.1) is 0 Å². The fraction of sp³-hybridized carbons (Fsp3) is 0.292. The van der Waals surface area contributed by atoms with Crippen LogP contribution in [0.5, 0.6) is 0 Å². The molecule has 194 valence electrons. The van der Waals surface area contributed by atoms with Crippen molar-refractivity contribution in [3.05, 3.63) is 80.6 Å². The molecule has 3 heterocycles. The molecular weight excluding hydrogens is 494 g/mol. The number of H-pyrrole nitrogens is 1. The highest BCUT2D eigenvalue weighted by Gasteiger charge is 2.37. The van der Waals surface area contributed by atoms with E-state index in [9.17, 15) is 27.2 Å². The van der Waals surface area contributed by atoms with Gasteiger partial charge in [-0.3, -0.25) is 9.59 Å². The number of aromatic amines is 1. The van der Waals surface area contributed by atoms with Gasteiger partial charge in [-0.05, 0) is 43.4 Å². The monoisotopic (exact) mass is 517 g/mol. The number of nitrogens with one attached hydrogen (secondary N) is 2. The molecule has 1 unspecified atom stereocenters. The number of aryl methyl sites for hydroxylation is 1. The Balaban J connectivity index is 1.47. The van der Waals surface area contributed by atoms with E-state index in [4.69, 9.17) is 5.73 Å². The van der Waals surface area contributed by atoms with E-state index >= 15 is 0 Å². The van der Waals surface area contributed by atoms with Crippen molar-refractivity contribution in [3.8, 4) is 11.4 Å². The minimum Gasteiger partial charge on any atom is -0.381 e. The summed E-state index contributed by atoms with van der Waals surface area (Å²) in [5, 5.41) is 8.58. The maximum Gasteiger partial charge on any atom is 0.423 e. The highest BCUT2D eigenvalue weighted by molar-refractivity contribution is 5.85. The average Bonchev–Trinajstić information content (AvgIpc) is 2.85. The lowest BCUT2D eigenvalue weighted by atomic mass is 10.1. The molecule has 13 heteroatoms. The second kappa shape index (κ2) is 10.5. The molecule has 0 saturated carbocycles. The topological polar surface area (TPSA) is 132 Å². The summed E-state index contributed by atoms with van der Waals surface area (Å²) < 4.78 is 55.9. The third-order valence-electron chi connectivity index (χ3n) is 5.82. The fourth-order valence-electron chi connectivity index (χ4n) is 3.95. The molecule has 0 fully saturated rings. The predicted octanol–water partition coefficient (Wildman–Crippen LogP) is 3.44. The van der Waals surface area contributed by atoms with Crippen LogP contribution in [0.2, 0.25) is 0 Å². The van der Waals surface area contributed by atoms with Crippen molar-refractivity contribution in [2.45, 2.75) is 45.1 Å².